The molecule has 1 amide bonds. The minimum absolute atomic E-state index is 0.196. The van der Waals surface area contributed by atoms with Crippen molar-refractivity contribution in [2.75, 3.05) is 5.32 Å². The van der Waals surface area contributed by atoms with Gasteiger partial charge in [0.25, 0.3) is 0 Å². The van der Waals surface area contributed by atoms with Crippen molar-refractivity contribution in [3.05, 3.63) is 76.8 Å². The third-order valence-electron chi connectivity index (χ3n) is 5.67. The van der Waals surface area contributed by atoms with E-state index in [1.807, 2.05) is 6.92 Å². The van der Waals surface area contributed by atoms with Crippen LogP contribution in [0.2, 0.25) is 0 Å². The number of amides is 1. The van der Waals surface area contributed by atoms with Gasteiger partial charge in [-0.25, -0.2) is 13.4 Å². The van der Waals surface area contributed by atoms with Gasteiger partial charge in [-0.05, 0) is 37.5 Å². The molecule has 0 atom stereocenters. The van der Waals surface area contributed by atoms with Crippen LogP contribution in [0.15, 0.2) is 65.7 Å². The minimum Gasteiger partial charge on any atom is -0.301 e. The summed E-state index contributed by atoms with van der Waals surface area (Å²) in [4.78, 5) is 18.8. The van der Waals surface area contributed by atoms with Crippen LogP contribution in [0.1, 0.15) is 41.7 Å². The zero-order valence-electron chi connectivity index (χ0n) is 16.8. The summed E-state index contributed by atoms with van der Waals surface area (Å²) in [5.41, 5.74) is 2.37. The highest BCUT2D eigenvalue weighted by Crippen LogP contribution is 2.41. The van der Waals surface area contributed by atoms with Gasteiger partial charge in [0.15, 0.2) is 19.7 Å². The molecule has 156 valence electrons. The van der Waals surface area contributed by atoms with Gasteiger partial charge in [0.1, 0.15) is 0 Å². The van der Waals surface area contributed by atoms with Gasteiger partial charge in [0.2, 0.25) is 5.91 Å². The van der Waals surface area contributed by atoms with Gasteiger partial charge in [0, 0.05) is 17.5 Å². The molecule has 0 unspecified atom stereocenters. The van der Waals surface area contributed by atoms with E-state index in [1.54, 1.807) is 36.5 Å². The largest absolute Gasteiger partial charge is 0.301 e. The number of hydrogen-bond donors (Lipinski definition) is 1. The molecule has 2 aromatic carbocycles. The highest BCUT2D eigenvalue weighted by atomic mass is 32.2. The van der Waals surface area contributed by atoms with E-state index in [-0.39, 0.29) is 4.90 Å². The molecule has 1 heterocycles. The summed E-state index contributed by atoms with van der Waals surface area (Å²) in [5, 5.41) is 3.25. The van der Waals surface area contributed by atoms with Crippen molar-refractivity contribution in [1.29, 1.82) is 0 Å². The number of nitrogens with one attached hydrogen (secondary N) is 1. The molecular formula is C23H24N2O3S2. The maximum Gasteiger partial charge on any atom is 0.248 e. The van der Waals surface area contributed by atoms with E-state index in [2.05, 4.69) is 34.6 Å². The van der Waals surface area contributed by atoms with Gasteiger partial charge in [-0.15, -0.1) is 11.3 Å². The first kappa shape index (κ1) is 20.8. The Morgan fingerprint density at radius 1 is 1.07 bits per heavy atom. The van der Waals surface area contributed by atoms with Crippen LogP contribution in [0.5, 0.6) is 0 Å². The maximum absolute atomic E-state index is 13.4. The topological polar surface area (TPSA) is 76.1 Å². The fourth-order valence-corrected chi connectivity index (χ4v) is 6.88. The quantitative estimate of drug-likeness (QED) is 0.599. The average molecular weight is 441 g/mol. The summed E-state index contributed by atoms with van der Waals surface area (Å²) in [5.74, 6) is -0.472. The summed E-state index contributed by atoms with van der Waals surface area (Å²) in [6, 6.07) is 16.6. The third kappa shape index (κ3) is 3.91. The summed E-state index contributed by atoms with van der Waals surface area (Å²) < 4.78 is 25.3. The van der Waals surface area contributed by atoms with Gasteiger partial charge >= 0.3 is 0 Å². The van der Waals surface area contributed by atoms with E-state index in [0.717, 1.165) is 24.1 Å². The summed E-state index contributed by atoms with van der Waals surface area (Å²) in [7, 11) is -3.80. The zero-order chi connectivity index (χ0) is 21.2. The molecular weight excluding hydrogens is 416 g/mol. The monoisotopic (exact) mass is 440 g/mol. The molecule has 0 spiro atoms. The Morgan fingerprint density at radius 2 is 1.73 bits per heavy atom. The fourth-order valence-electron chi connectivity index (χ4n) is 3.95. The number of aryl methyl sites for hydroxylation is 1. The summed E-state index contributed by atoms with van der Waals surface area (Å²) in [6.45, 7) is 2.05. The molecule has 7 heteroatoms. The molecule has 3 aromatic rings. The molecule has 1 fully saturated rings. The number of benzene rings is 2. The molecule has 0 radical (unpaired) electrons. The first-order valence-electron chi connectivity index (χ1n) is 10.0. The second-order valence-corrected chi connectivity index (χ2v) is 11.1. The van der Waals surface area contributed by atoms with Crippen LogP contribution in [0.4, 0.5) is 5.13 Å². The van der Waals surface area contributed by atoms with Crippen molar-refractivity contribution in [2.45, 2.75) is 48.7 Å². The van der Waals surface area contributed by atoms with Crippen molar-refractivity contribution >= 4 is 32.2 Å². The number of carbonyl (C=O) groups excluding carboxylic acids is 1. The van der Waals surface area contributed by atoms with E-state index in [1.165, 1.54) is 22.5 Å². The fraction of sp³-hybridized carbons (Fsp3) is 0.304. The SMILES string of the molecule is Cc1ccc(Cc2cnc(NC(=O)C3(S(=O)(=O)c4ccccc4)CCCC3)s2)cc1. The highest BCUT2D eigenvalue weighted by molar-refractivity contribution is 7.93. The lowest BCUT2D eigenvalue weighted by atomic mass is 10.1. The first-order valence-corrected chi connectivity index (χ1v) is 12.3. The normalized spacial score (nSPS) is 15.8. The zero-order valence-corrected chi connectivity index (χ0v) is 18.4. The predicted octanol–water partition coefficient (Wildman–Crippen LogP) is 4.77. The highest BCUT2D eigenvalue weighted by Gasteiger charge is 2.53. The van der Waals surface area contributed by atoms with Crippen molar-refractivity contribution in [3.8, 4) is 0 Å². The van der Waals surface area contributed by atoms with Gasteiger partial charge in [0.05, 0.1) is 4.90 Å². The molecule has 4 rings (SSSR count). The molecule has 5 nitrogen and oxygen atoms in total. The lowest BCUT2D eigenvalue weighted by molar-refractivity contribution is -0.118. The Kier molecular flexibility index (Phi) is 5.75. The van der Waals surface area contributed by atoms with Crippen LogP contribution in [-0.2, 0) is 21.1 Å². The average Bonchev–Trinajstić information content (AvgIpc) is 3.41. The van der Waals surface area contributed by atoms with Crippen LogP contribution in [0.25, 0.3) is 0 Å². The van der Waals surface area contributed by atoms with Crippen molar-refractivity contribution in [1.82, 2.24) is 4.98 Å². The number of rotatable bonds is 6. The molecule has 0 saturated heterocycles. The molecule has 30 heavy (non-hydrogen) atoms. The number of anilines is 1. The van der Waals surface area contributed by atoms with Crippen LogP contribution in [0, 0.1) is 6.92 Å². The van der Waals surface area contributed by atoms with Gasteiger partial charge in [-0.2, -0.15) is 0 Å². The van der Waals surface area contributed by atoms with Gasteiger partial charge in [-0.3, -0.25) is 4.79 Å². The van der Waals surface area contributed by atoms with Crippen molar-refractivity contribution < 1.29 is 13.2 Å². The molecule has 1 N–H and O–H groups in total. The number of aromatic nitrogens is 1. The lowest BCUT2D eigenvalue weighted by Crippen LogP contribution is -2.47. The standard InChI is InChI=1S/C23H24N2O3S2/c1-17-9-11-18(12-10-17)15-19-16-24-22(29-19)25-21(26)23(13-5-6-14-23)30(27,28)20-7-3-2-4-8-20/h2-4,7-12,16H,5-6,13-15H2,1H3,(H,24,25,26). The van der Waals surface area contributed by atoms with E-state index in [0.29, 0.717) is 18.0 Å². The predicted molar refractivity (Wildman–Crippen MR) is 120 cm³/mol. The van der Waals surface area contributed by atoms with Crippen LogP contribution in [-0.4, -0.2) is 24.1 Å². The molecule has 1 aromatic heterocycles. The number of carbonyl (C=O) groups is 1. The lowest BCUT2D eigenvalue weighted by Gasteiger charge is -2.27. The maximum atomic E-state index is 13.4. The Bertz CT molecular complexity index is 1130. The molecule has 0 bridgehead atoms. The van der Waals surface area contributed by atoms with E-state index in [9.17, 15) is 13.2 Å². The number of hydrogen-bond acceptors (Lipinski definition) is 5. The summed E-state index contributed by atoms with van der Waals surface area (Å²) in [6.07, 6.45) is 4.57. The number of thiazole rings is 1. The Balaban J connectivity index is 1.55. The van der Waals surface area contributed by atoms with Crippen molar-refractivity contribution in [2.24, 2.45) is 0 Å². The number of nitrogens with zero attached hydrogens (tertiary/aromatic N) is 1. The first-order chi connectivity index (χ1) is 14.4. The summed E-state index contributed by atoms with van der Waals surface area (Å²) >= 11 is 1.39. The van der Waals surface area contributed by atoms with E-state index < -0.39 is 20.5 Å². The third-order valence-corrected chi connectivity index (χ3v) is 9.09. The minimum atomic E-state index is -3.80. The second-order valence-electron chi connectivity index (χ2n) is 7.77. The Labute approximate surface area is 181 Å². The molecule has 1 aliphatic carbocycles. The Morgan fingerprint density at radius 3 is 2.40 bits per heavy atom. The molecule has 1 aliphatic rings. The van der Waals surface area contributed by atoms with Crippen LogP contribution in [0.3, 0.4) is 0 Å². The van der Waals surface area contributed by atoms with Gasteiger partial charge in [-0.1, -0.05) is 60.9 Å². The Hall–Kier alpha value is -2.51. The van der Waals surface area contributed by atoms with Crippen molar-refractivity contribution in [3.63, 3.8) is 0 Å². The molecule has 1 saturated carbocycles. The van der Waals surface area contributed by atoms with E-state index in [4.69, 9.17) is 0 Å². The molecule has 0 aliphatic heterocycles. The van der Waals surface area contributed by atoms with E-state index >= 15 is 0 Å². The van der Waals surface area contributed by atoms with Crippen LogP contribution >= 0.6 is 11.3 Å². The van der Waals surface area contributed by atoms with Gasteiger partial charge < -0.3 is 5.32 Å². The number of sulfone groups is 1. The second kappa shape index (κ2) is 8.32. The smallest absolute Gasteiger partial charge is 0.248 e. The van der Waals surface area contributed by atoms with Crippen LogP contribution < -0.4 is 5.32 Å².